The van der Waals surface area contributed by atoms with Gasteiger partial charge in [-0.2, -0.15) is 8.75 Å². The zero-order chi connectivity index (χ0) is 12.3. The van der Waals surface area contributed by atoms with Crippen LogP contribution >= 0.6 is 34.3 Å². The van der Waals surface area contributed by atoms with Gasteiger partial charge in [-0.3, -0.25) is 4.79 Å². The van der Waals surface area contributed by atoms with Gasteiger partial charge in [-0.1, -0.05) is 6.07 Å². The summed E-state index contributed by atoms with van der Waals surface area (Å²) in [5.41, 5.74) is 0.966. The lowest BCUT2D eigenvalue weighted by atomic mass is 10.2. The molecule has 0 aliphatic rings. The fraction of sp³-hybridized carbons (Fsp3) is 0.100. The third-order valence-corrected chi connectivity index (χ3v) is 3.45. The molecule has 0 spiro atoms. The molecule has 0 radical (unpaired) electrons. The SMILES string of the molecule is O=C(NCc1cnsn1)c1cccc(I)c1O. The number of amides is 1. The maximum Gasteiger partial charge on any atom is 0.255 e. The van der Waals surface area contributed by atoms with E-state index in [1.54, 1.807) is 24.4 Å². The van der Waals surface area contributed by atoms with Crippen molar-refractivity contribution in [3.8, 4) is 5.75 Å². The van der Waals surface area contributed by atoms with E-state index >= 15 is 0 Å². The summed E-state index contributed by atoms with van der Waals surface area (Å²) < 4.78 is 8.45. The van der Waals surface area contributed by atoms with Crippen LogP contribution in [-0.2, 0) is 6.54 Å². The van der Waals surface area contributed by atoms with Crippen LogP contribution in [0.1, 0.15) is 16.1 Å². The Kier molecular flexibility index (Phi) is 3.89. The van der Waals surface area contributed by atoms with Crippen molar-refractivity contribution >= 4 is 40.2 Å². The maximum atomic E-state index is 11.8. The van der Waals surface area contributed by atoms with Gasteiger partial charge in [0.25, 0.3) is 5.91 Å². The van der Waals surface area contributed by atoms with Crippen LogP contribution in [0.3, 0.4) is 0 Å². The zero-order valence-electron chi connectivity index (χ0n) is 8.55. The number of phenols is 1. The first-order valence-corrected chi connectivity index (χ1v) is 6.51. The van der Waals surface area contributed by atoms with Crippen LogP contribution in [0.25, 0.3) is 0 Å². The van der Waals surface area contributed by atoms with Gasteiger partial charge in [0.05, 0.1) is 39.3 Å². The second kappa shape index (κ2) is 5.41. The normalized spacial score (nSPS) is 10.2. The average molecular weight is 361 g/mol. The van der Waals surface area contributed by atoms with Crippen LogP contribution in [0.4, 0.5) is 0 Å². The van der Waals surface area contributed by atoms with Gasteiger partial charge in [0, 0.05) is 0 Å². The van der Waals surface area contributed by atoms with Crippen LogP contribution in [0.15, 0.2) is 24.4 Å². The summed E-state index contributed by atoms with van der Waals surface area (Å²) in [5.74, 6) is -0.323. The number of hydrogen-bond acceptors (Lipinski definition) is 5. The zero-order valence-corrected chi connectivity index (χ0v) is 11.5. The number of aromatic hydroxyl groups is 1. The van der Waals surface area contributed by atoms with Crippen molar-refractivity contribution in [2.24, 2.45) is 0 Å². The molecular weight excluding hydrogens is 353 g/mol. The molecule has 0 fully saturated rings. The predicted octanol–water partition coefficient (Wildman–Crippen LogP) is 1.78. The molecule has 0 bridgehead atoms. The number of rotatable bonds is 3. The van der Waals surface area contributed by atoms with E-state index in [4.69, 9.17) is 0 Å². The van der Waals surface area contributed by atoms with Gasteiger partial charge in [0.2, 0.25) is 0 Å². The summed E-state index contributed by atoms with van der Waals surface area (Å²) in [4.78, 5) is 11.8. The minimum absolute atomic E-state index is 0.00185. The van der Waals surface area contributed by atoms with E-state index in [-0.39, 0.29) is 17.2 Å². The Morgan fingerprint density at radius 3 is 3.06 bits per heavy atom. The highest BCUT2D eigenvalue weighted by atomic mass is 127. The number of benzene rings is 1. The van der Waals surface area contributed by atoms with Gasteiger partial charge in [0.1, 0.15) is 5.75 Å². The van der Waals surface area contributed by atoms with Gasteiger partial charge in [0.15, 0.2) is 0 Å². The Morgan fingerprint density at radius 2 is 2.35 bits per heavy atom. The van der Waals surface area contributed by atoms with Crippen LogP contribution in [-0.4, -0.2) is 19.8 Å². The third kappa shape index (κ3) is 2.91. The molecule has 1 aromatic heterocycles. The molecule has 2 rings (SSSR count). The number of para-hydroxylation sites is 1. The predicted molar refractivity (Wildman–Crippen MR) is 71.9 cm³/mol. The van der Waals surface area contributed by atoms with Crippen LogP contribution in [0.2, 0.25) is 0 Å². The number of phenolic OH excluding ortho intramolecular Hbond substituents is 1. The van der Waals surface area contributed by atoms with Crippen molar-refractivity contribution in [2.45, 2.75) is 6.54 Å². The van der Waals surface area contributed by atoms with Gasteiger partial charge in [-0.15, -0.1) is 0 Å². The van der Waals surface area contributed by atoms with E-state index in [0.717, 1.165) is 11.7 Å². The number of nitrogens with one attached hydrogen (secondary N) is 1. The van der Waals surface area contributed by atoms with Crippen molar-refractivity contribution < 1.29 is 9.90 Å². The molecule has 2 aromatic rings. The molecule has 0 aliphatic carbocycles. The molecule has 1 aromatic carbocycles. The lowest BCUT2D eigenvalue weighted by molar-refractivity contribution is 0.0947. The van der Waals surface area contributed by atoms with E-state index in [0.29, 0.717) is 15.8 Å². The Bertz CT molecular complexity index is 530. The Morgan fingerprint density at radius 1 is 1.53 bits per heavy atom. The molecule has 5 nitrogen and oxygen atoms in total. The summed E-state index contributed by atoms with van der Waals surface area (Å²) in [6.07, 6.45) is 1.60. The van der Waals surface area contributed by atoms with E-state index in [1.165, 1.54) is 0 Å². The van der Waals surface area contributed by atoms with Crippen molar-refractivity contribution in [1.82, 2.24) is 14.1 Å². The topological polar surface area (TPSA) is 75.1 Å². The Balaban J connectivity index is 2.07. The molecular formula is C10H8IN3O2S. The Labute approximate surface area is 115 Å². The van der Waals surface area contributed by atoms with Crippen LogP contribution in [0, 0.1) is 3.57 Å². The molecule has 88 valence electrons. The summed E-state index contributed by atoms with van der Waals surface area (Å²) in [6.45, 7) is 0.306. The minimum atomic E-state index is -0.325. The quantitative estimate of drug-likeness (QED) is 0.818. The monoisotopic (exact) mass is 361 g/mol. The van der Waals surface area contributed by atoms with Crippen molar-refractivity contribution in [3.05, 3.63) is 39.2 Å². The highest BCUT2D eigenvalue weighted by Gasteiger charge is 2.12. The van der Waals surface area contributed by atoms with Gasteiger partial charge in [-0.25, -0.2) is 0 Å². The summed E-state index contributed by atoms with van der Waals surface area (Å²) >= 11 is 3.06. The van der Waals surface area contributed by atoms with Gasteiger partial charge >= 0.3 is 0 Å². The van der Waals surface area contributed by atoms with Crippen molar-refractivity contribution in [1.29, 1.82) is 0 Å². The molecule has 0 aliphatic heterocycles. The van der Waals surface area contributed by atoms with E-state index in [1.807, 2.05) is 22.6 Å². The molecule has 7 heteroatoms. The lowest BCUT2D eigenvalue weighted by Crippen LogP contribution is -2.23. The summed E-state index contributed by atoms with van der Waals surface area (Å²) in [6, 6.07) is 5.03. The van der Waals surface area contributed by atoms with Gasteiger partial charge in [-0.05, 0) is 34.7 Å². The van der Waals surface area contributed by atoms with Crippen molar-refractivity contribution in [3.63, 3.8) is 0 Å². The Hall–Kier alpha value is -1.22. The third-order valence-electron chi connectivity index (χ3n) is 2.07. The second-order valence-electron chi connectivity index (χ2n) is 3.22. The molecule has 0 saturated heterocycles. The summed E-state index contributed by atoms with van der Waals surface area (Å²) in [7, 11) is 0. The number of carbonyl (C=O) groups excluding carboxylic acids is 1. The number of hydrogen-bond donors (Lipinski definition) is 2. The molecule has 0 atom stereocenters. The standard InChI is InChI=1S/C10H8IN3O2S/c11-8-3-1-2-7(9(8)15)10(16)12-4-6-5-13-17-14-6/h1-3,5,15H,4H2,(H,12,16). The number of nitrogens with zero attached hydrogens (tertiary/aromatic N) is 2. The fourth-order valence-corrected chi connectivity index (χ4v) is 2.16. The summed E-state index contributed by atoms with van der Waals surface area (Å²) in [5, 5.41) is 12.4. The second-order valence-corrected chi connectivity index (χ2v) is 4.94. The largest absolute Gasteiger partial charge is 0.506 e. The smallest absolute Gasteiger partial charge is 0.255 e. The van der Waals surface area contributed by atoms with Crippen LogP contribution in [0.5, 0.6) is 5.75 Å². The molecule has 0 unspecified atom stereocenters. The first-order chi connectivity index (χ1) is 8.18. The molecule has 17 heavy (non-hydrogen) atoms. The molecule has 0 saturated carbocycles. The molecule has 2 N–H and O–H groups in total. The van der Waals surface area contributed by atoms with Crippen LogP contribution < -0.4 is 5.32 Å². The maximum absolute atomic E-state index is 11.8. The first kappa shape index (κ1) is 12.2. The van der Waals surface area contributed by atoms with E-state index in [9.17, 15) is 9.90 Å². The van der Waals surface area contributed by atoms with E-state index in [2.05, 4.69) is 14.1 Å². The van der Waals surface area contributed by atoms with E-state index < -0.39 is 0 Å². The lowest BCUT2D eigenvalue weighted by Gasteiger charge is -2.06. The number of halogens is 1. The van der Waals surface area contributed by atoms with Crippen molar-refractivity contribution in [2.75, 3.05) is 0 Å². The molecule has 1 heterocycles. The minimum Gasteiger partial charge on any atom is -0.506 e. The number of carbonyl (C=O) groups is 1. The van der Waals surface area contributed by atoms with Gasteiger partial charge < -0.3 is 10.4 Å². The number of aromatic nitrogens is 2. The highest BCUT2D eigenvalue weighted by Crippen LogP contribution is 2.23. The first-order valence-electron chi connectivity index (χ1n) is 4.70. The highest BCUT2D eigenvalue weighted by molar-refractivity contribution is 14.1. The fourth-order valence-electron chi connectivity index (χ4n) is 1.23. The average Bonchev–Trinajstić information content (AvgIpc) is 2.82. The molecule has 1 amide bonds.